The fourth-order valence-electron chi connectivity index (χ4n) is 1.68. The van der Waals surface area contributed by atoms with Crippen molar-refractivity contribution < 1.29 is 23.9 Å². The van der Waals surface area contributed by atoms with Gasteiger partial charge in [0.1, 0.15) is 11.7 Å². The summed E-state index contributed by atoms with van der Waals surface area (Å²) >= 11 is 0. The monoisotopic (exact) mass is 296 g/mol. The molecule has 1 rings (SSSR count). The average molecular weight is 296 g/mol. The number of carbonyl (C=O) groups is 3. The molecule has 0 spiro atoms. The minimum atomic E-state index is -0.753. The first-order valence-corrected chi connectivity index (χ1v) is 6.67. The van der Waals surface area contributed by atoms with Crippen molar-refractivity contribution in [2.45, 2.75) is 26.3 Å². The lowest BCUT2D eigenvalue weighted by Gasteiger charge is -2.21. The fourth-order valence-corrected chi connectivity index (χ4v) is 1.68. The average Bonchev–Trinajstić information content (AvgIpc) is 3.03. The molecule has 0 radical (unpaired) electrons. The van der Waals surface area contributed by atoms with Crippen LogP contribution in [-0.4, -0.2) is 42.6 Å². The van der Waals surface area contributed by atoms with Crippen molar-refractivity contribution in [1.82, 2.24) is 10.3 Å². The van der Waals surface area contributed by atoms with E-state index in [9.17, 15) is 14.4 Å². The van der Waals surface area contributed by atoms with Crippen molar-refractivity contribution in [2.75, 3.05) is 13.7 Å². The maximum Gasteiger partial charge on any atom is 0.355 e. The highest BCUT2D eigenvalue weighted by atomic mass is 16.5. The second kappa shape index (κ2) is 8.08. The number of ether oxygens (including phenoxy) is 2. The van der Waals surface area contributed by atoms with Crippen molar-refractivity contribution in [3.05, 3.63) is 24.0 Å². The molecular weight excluding hydrogens is 276 g/mol. The summed E-state index contributed by atoms with van der Waals surface area (Å²) in [4.78, 5) is 37.6. The molecule has 0 saturated heterocycles. The van der Waals surface area contributed by atoms with Gasteiger partial charge in [-0.1, -0.05) is 20.3 Å². The Morgan fingerprint density at radius 3 is 2.62 bits per heavy atom. The number of carbonyl (C=O) groups excluding carboxylic acids is 3. The van der Waals surface area contributed by atoms with Gasteiger partial charge in [0.2, 0.25) is 0 Å². The minimum absolute atomic E-state index is 0.0829. The van der Waals surface area contributed by atoms with Crippen LogP contribution in [0.25, 0.3) is 0 Å². The SMILES string of the molecule is CC[C@@H](C)[C@H](NC(=O)COC(=O)c1ccc[nH]1)C(=O)OC. The Kier molecular flexibility index (Phi) is 6.45. The van der Waals surface area contributed by atoms with E-state index in [0.29, 0.717) is 6.42 Å². The molecule has 1 heterocycles. The second-order valence-electron chi connectivity index (χ2n) is 4.61. The van der Waals surface area contributed by atoms with E-state index in [4.69, 9.17) is 4.74 Å². The number of esters is 2. The third kappa shape index (κ3) is 4.94. The number of nitrogens with one attached hydrogen (secondary N) is 2. The second-order valence-corrected chi connectivity index (χ2v) is 4.61. The van der Waals surface area contributed by atoms with Crippen LogP contribution in [0.15, 0.2) is 18.3 Å². The number of rotatable bonds is 7. The summed E-state index contributed by atoms with van der Waals surface area (Å²) in [6.45, 7) is 3.27. The molecule has 0 fully saturated rings. The number of methoxy groups -OCH3 is 1. The van der Waals surface area contributed by atoms with Gasteiger partial charge in [-0.25, -0.2) is 9.59 Å². The van der Waals surface area contributed by atoms with E-state index in [-0.39, 0.29) is 11.6 Å². The van der Waals surface area contributed by atoms with Gasteiger partial charge in [-0.2, -0.15) is 0 Å². The summed E-state index contributed by atoms with van der Waals surface area (Å²) in [5, 5.41) is 2.52. The van der Waals surface area contributed by atoms with Crippen LogP contribution < -0.4 is 5.32 Å². The number of aromatic amines is 1. The summed E-state index contributed by atoms with van der Waals surface area (Å²) in [5.41, 5.74) is 0.259. The zero-order valence-electron chi connectivity index (χ0n) is 12.3. The highest BCUT2D eigenvalue weighted by molar-refractivity contribution is 5.90. The zero-order valence-corrected chi connectivity index (χ0v) is 12.3. The lowest BCUT2D eigenvalue weighted by Crippen LogP contribution is -2.47. The first kappa shape index (κ1) is 16.7. The quantitative estimate of drug-likeness (QED) is 0.728. The molecule has 0 aliphatic rings. The van der Waals surface area contributed by atoms with Gasteiger partial charge < -0.3 is 19.8 Å². The highest BCUT2D eigenvalue weighted by Crippen LogP contribution is 2.09. The van der Waals surface area contributed by atoms with E-state index < -0.39 is 30.5 Å². The highest BCUT2D eigenvalue weighted by Gasteiger charge is 2.27. The van der Waals surface area contributed by atoms with Gasteiger partial charge in [0.25, 0.3) is 5.91 Å². The first-order valence-electron chi connectivity index (χ1n) is 6.67. The van der Waals surface area contributed by atoms with Gasteiger partial charge in [-0.3, -0.25) is 4.79 Å². The molecular formula is C14H20N2O5. The fraction of sp³-hybridized carbons (Fsp3) is 0.500. The predicted octanol–water partition coefficient (Wildman–Crippen LogP) is 0.875. The molecule has 21 heavy (non-hydrogen) atoms. The van der Waals surface area contributed by atoms with E-state index in [2.05, 4.69) is 15.0 Å². The maximum absolute atomic E-state index is 11.8. The van der Waals surface area contributed by atoms with Crippen LogP contribution in [0.2, 0.25) is 0 Å². The molecule has 0 aromatic carbocycles. The van der Waals surface area contributed by atoms with Gasteiger partial charge in [-0.05, 0) is 18.1 Å². The number of hydrogen-bond donors (Lipinski definition) is 2. The van der Waals surface area contributed by atoms with Crippen molar-refractivity contribution in [3.63, 3.8) is 0 Å². The number of H-pyrrole nitrogens is 1. The van der Waals surface area contributed by atoms with E-state index >= 15 is 0 Å². The molecule has 7 nitrogen and oxygen atoms in total. The van der Waals surface area contributed by atoms with E-state index in [1.807, 2.05) is 13.8 Å². The summed E-state index contributed by atoms with van der Waals surface area (Å²) in [6, 6.07) is 2.43. The van der Waals surface area contributed by atoms with Crippen molar-refractivity contribution in [2.24, 2.45) is 5.92 Å². The molecule has 0 aliphatic carbocycles. The van der Waals surface area contributed by atoms with Gasteiger partial charge in [0.15, 0.2) is 6.61 Å². The third-order valence-electron chi connectivity index (χ3n) is 3.14. The van der Waals surface area contributed by atoms with Crippen LogP contribution >= 0.6 is 0 Å². The molecule has 0 aliphatic heterocycles. The van der Waals surface area contributed by atoms with E-state index in [0.717, 1.165) is 0 Å². The number of aromatic nitrogens is 1. The van der Waals surface area contributed by atoms with Gasteiger partial charge >= 0.3 is 11.9 Å². The standard InChI is InChI=1S/C14H20N2O5/c1-4-9(2)12(14(19)20-3)16-11(17)8-21-13(18)10-6-5-7-15-10/h5-7,9,12,15H,4,8H2,1-3H3,(H,16,17)/t9-,12+/m1/s1. The molecule has 2 atom stereocenters. The Morgan fingerprint density at radius 2 is 2.10 bits per heavy atom. The minimum Gasteiger partial charge on any atom is -0.467 e. The normalized spacial score (nSPS) is 13.1. The summed E-state index contributed by atoms with van der Waals surface area (Å²) in [5.74, 6) is -1.78. The molecule has 0 saturated carbocycles. The molecule has 1 aromatic rings. The van der Waals surface area contributed by atoms with Gasteiger partial charge in [0.05, 0.1) is 7.11 Å². The third-order valence-corrected chi connectivity index (χ3v) is 3.14. The van der Waals surface area contributed by atoms with Crippen LogP contribution in [-0.2, 0) is 19.1 Å². The Balaban J connectivity index is 2.50. The van der Waals surface area contributed by atoms with Gasteiger partial charge in [-0.15, -0.1) is 0 Å². The maximum atomic E-state index is 11.8. The molecule has 116 valence electrons. The van der Waals surface area contributed by atoms with Crippen LogP contribution in [0.1, 0.15) is 30.8 Å². The first-order chi connectivity index (χ1) is 9.99. The van der Waals surface area contributed by atoms with E-state index in [1.54, 1.807) is 12.3 Å². The lowest BCUT2D eigenvalue weighted by molar-refractivity contribution is -0.147. The smallest absolute Gasteiger partial charge is 0.355 e. The van der Waals surface area contributed by atoms with Crippen LogP contribution in [0.4, 0.5) is 0 Å². The number of hydrogen-bond acceptors (Lipinski definition) is 5. The van der Waals surface area contributed by atoms with Crippen LogP contribution in [0.3, 0.4) is 0 Å². The molecule has 2 N–H and O–H groups in total. The largest absolute Gasteiger partial charge is 0.467 e. The van der Waals surface area contributed by atoms with Crippen LogP contribution in [0, 0.1) is 5.92 Å². The van der Waals surface area contributed by atoms with Crippen LogP contribution in [0.5, 0.6) is 0 Å². The Labute approximate surface area is 123 Å². The molecule has 1 amide bonds. The van der Waals surface area contributed by atoms with Crippen molar-refractivity contribution in [3.8, 4) is 0 Å². The Bertz CT molecular complexity index is 484. The Morgan fingerprint density at radius 1 is 1.38 bits per heavy atom. The summed E-state index contributed by atoms with van der Waals surface area (Å²) in [6.07, 6.45) is 2.27. The summed E-state index contributed by atoms with van der Waals surface area (Å²) in [7, 11) is 1.26. The summed E-state index contributed by atoms with van der Waals surface area (Å²) < 4.78 is 9.50. The molecule has 0 unspecified atom stereocenters. The van der Waals surface area contributed by atoms with E-state index in [1.165, 1.54) is 13.2 Å². The molecule has 0 bridgehead atoms. The van der Waals surface area contributed by atoms with Crippen molar-refractivity contribution in [1.29, 1.82) is 0 Å². The topological polar surface area (TPSA) is 97.5 Å². The van der Waals surface area contributed by atoms with Crippen molar-refractivity contribution >= 4 is 17.8 Å². The molecule has 7 heteroatoms. The lowest BCUT2D eigenvalue weighted by atomic mass is 9.99. The Hall–Kier alpha value is -2.31. The van der Waals surface area contributed by atoms with Gasteiger partial charge in [0, 0.05) is 6.20 Å². The zero-order chi connectivity index (χ0) is 15.8. The number of amides is 1. The molecule has 1 aromatic heterocycles. The predicted molar refractivity (Wildman–Crippen MR) is 74.5 cm³/mol.